The molecule has 1 aromatic rings. The highest BCUT2D eigenvalue weighted by atomic mass is 19.1. The second-order valence-corrected chi connectivity index (χ2v) is 4.69. The fourth-order valence-electron chi connectivity index (χ4n) is 2.21. The fourth-order valence-corrected chi connectivity index (χ4v) is 2.21. The van der Waals surface area contributed by atoms with Gasteiger partial charge in [0.2, 0.25) is 0 Å². The van der Waals surface area contributed by atoms with Crippen LogP contribution >= 0.6 is 0 Å². The van der Waals surface area contributed by atoms with Crippen molar-refractivity contribution in [2.24, 2.45) is 11.8 Å². The van der Waals surface area contributed by atoms with Gasteiger partial charge in [-0.1, -0.05) is 37.3 Å². The lowest BCUT2D eigenvalue weighted by atomic mass is 9.87. The Morgan fingerprint density at radius 3 is 2.56 bits per heavy atom. The number of ether oxygens (including phenoxy) is 1. The van der Waals surface area contributed by atoms with Crippen LogP contribution in [0, 0.1) is 11.8 Å². The van der Waals surface area contributed by atoms with Crippen molar-refractivity contribution >= 4 is 11.9 Å². The Kier molecular flexibility index (Phi) is 3.75. The van der Waals surface area contributed by atoms with Crippen LogP contribution < -0.4 is 0 Å². The average molecular weight is 250 g/mol. The summed E-state index contributed by atoms with van der Waals surface area (Å²) in [6.45, 7) is 1.78. The minimum atomic E-state index is -1.12. The number of halogens is 1. The molecule has 3 atom stereocenters. The molecule has 0 N–H and O–H groups in total. The van der Waals surface area contributed by atoms with Gasteiger partial charge in [0.25, 0.3) is 0 Å². The van der Waals surface area contributed by atoms with Crippen LogP contribution in [-0.4, -0.2) is 11.9 Å². The van der Waals surface area contributed by atoms with Gasteiger partial charge in [0.1, 0.15) is 6.17 Å². The van der Waals surface area contributed by atoms with E-state index in [0.29, 0.717) is 5.56 Å². The van der Waals surface area contributed by atoms with Crippen molar-refractivity contribution in [2.45, 2.75) is 25.9 Å². The van der Waals surface area contributed by atoms with Crippen LogP contribution in [0.25, 0.3) is 0 Å². The predicted octanol–water partition coefficient (Wildman–Crippen LogP) is 2.81. The van der Waals surface area contributed by atoms with E-state index in [4.69, 9.17) is 0 Å². The molecule has 1 saturated heterocycles. The van der Waals surface area contributed by atoms with E-state index >= 15 is 0 Å². The van der Waals surface area contributed by atoms with Gasteiger partial charge in [0.15, 0.2) is 0 Å². The van der Waals surface area contributed by atoms with E-state index in [-0.39, 0.29) is 18.8 Å². The van der Waals surface area contributed by atoms with E-state index in [1.807, 2.05) is 6.07 Å². The monoisotopic (exact) mass is 250 g/mol. The van der Waals surface area contributed by atoms with Crippen LogP contribution in [0.5, 0.6) is 0 Å². The molecule has 1 fully saturated rings. The Balaban J connectivity index is 1.97. The van der Waals surface area contributed by atoms with Crippen molar-refractivity contribution < 1.29 is 18.7 Å². The average Bonchev–Trinajstić information content (AvgIpc) is 2.69. The molecule has 96 valence electrons. The van der Waals surface area contributed by atoms with Crippen LogP contribution in [0.2, 0.25) is 0 Å². The maximum Gasteiger partial charge on any atom is 0.317 e. The summed E-state index contributed by atoms with van der Waals surface area (Å²) >= 11 is 0. The fraction of sp³-hybridized carbons (Fsp3) is 0.429. The summed E-state index contributed by atoms with van der Waals surface area (Å²) in [6, 6.07) is 8.82. The maximum atomic E-state index is 14.0. The highest BCUT2D eigenvalue weighted by Crippen LogP contribution is 2.33. The van der Waals surface area contributed by atoms with Crippen molar-refractivity contribution in [3.05, 3.63) is 35.9 Å². The Hall–Kier alpha value is -1.71. The Morgan fingerprint density at radius 2 is 2.00 bits per heavy atom. The molecule has 0 spiro atoms. The highest BCUT2D eigenvalue weighted by molar-refractivity contribution is 5.94. The SMILES string of the molecule is CC(CC(F)c1ccccc1)C1CC(=O)OC1=O. The summed E-state index contributed by atoms with van der Waals surface area (Å²) in [6.07, 6.45) is -0.830. The van der Waals surface area contributed by atoms with Crippen molar-refractivity contribution in [2.75, 3.05) is 0 Å². The van der Waals surface area contributed by atoms with Crippen molar-refractivity contribution in [1.82, 2.24) is 0 Å². The third-order valence-corrected chi connectivity index (χ3v) is 3.33. The number of hydrogen-bond donors (Lipinski definition) is 0. The first-order valence-corrected chi connectivity index (χ1v) is 6.01. The van der Waals surface area contributed by atoms with Crippen molar-refractivity contribution in [3.63, 3.8) is 0 Å². The summed E-state index contributed by atoms with van der Waals surface area (Å²) in [5, 5.41) is 0. The number of hydrogen-bond acceptors (Lipinski definition) is 3. The van der Waals surface area contributed by atoms with Gasteiger partial charge in [0.05, 0.1) is 12.3 Å². The quantitative estimate of drug-likeness (QED) is 0.609. The van der Waals surface area contributed by atoms with Gasteiger partial charge in [-0.25, -0.2) is 4.39 Å². The molecule has 1 heterocycles. The second-order valence-electron chi connectivity index (χ2n) is 4.69. The van der Waals surface area contributed by atoms with Gasteiger partial charge in [-0.05, 0) is 17.9 Å². The van der Waals surface area contributed by atoms with E-state index in [0.717, 1.165) is 0 Å². The molecule has 3 nitrogen and oxygen atoms in total. The van der Waals surface area contributed by atoms with E-state index in [1.54, 1.807) is 31.2 Å². The zero-order valence-electron chi connectivity index (χ0n) is 10.1. The molecule has 1 aromatic carbocycles. The second kappa shape index (κ2) is 5.29. The molecule has 1 aliphatic rings. The highest BCUT2D eigenvalue weighted by Gasteiger charge is 2.38. The van der Waals surface area contributed by atoms with Gasteiger partial charge < -0.3 is 4.74 Å². The standard InChI is InChI=1S/C14H15FO3/c1-9(11-8-13(16)18-14(11)17)7-12(15)10-5-3-2-4-6-10/h2-6,9,11-12H,7-8H2,1H3. The molecule has 0 aliphatic carbocycles. The molecule has 0 aromatic heterocycles. The molecule has 2 rings (SSSR count). The van der Waals surface area contributed by atoms with Gasteiger partial charge in [-0.15, -0.1) is 0 Å². The topological polar surface area (TPSA) is 43.4 Å². The maximum absolute atomic E-state index is 14.0. The van der Waals surface area contributed by atoms with Crippen LogP contribution in [0.1, 0.15) is 31.5 Å². The first kappa shape index (κ1) is 12.7. The summed E-state index contributed by atoms with van der Waals surface area (Å²) in [5.41, 5.74) is 0.599. The number of benzene rings is 1. The van der Waals surface area contributed by atoms with Crippen LogP contribution in [0.3, 0.4) is 0 Å². The summed E-state index contributed by atoms with van der Waals surface area (Å²) in [5.74, 6) is -1.74. The lowest BCUT2D eigenvalue weighted by Crippen LogP contribution is -2.18. The first-order chi connectivity index (χ1) is 8.58. The third kappa shape index (κ3) is 2.75. The molecule has 0 saturated carbocycles. The Morgan fingerprint density at radius 1 is 1.33 bits per heavy atom. The molecular formula is C14H15FO3. The smallest absolute Gasteiger partial charge is 0.317 e. The summed E-state index contributed by atoms with van der Waals surface area (Å²) < 4.78 is 18.5. The van der Waals surface area contributed by atoms with Gasteiger partial charge in [-0.3, -0.25) is 9.59 Å². The molecule has 0 bridgehead atoms. The van der Waals surface area contributed by atoms with Gasteiger partial charge in [0, 0.05) is 0 Å². The third-order valence-electron chi connectivity index (χ3n) is 3.33. The van der Waals surface area contributed by atoms with Crippen molar-refractivity contribution in [3.8, 4) is 0 Å². The number of esters is 2. The van der Waals surface area contributed by atoms with E-state index in [2.05, 4.69) is 4.74 Å². The molecule has 4 heteroatoms. The van der Waals surface area contributed by atoms with Crippen LogP contribution in [0.4, 0.5) is 4.39 Å². The number of carbonyl (C=O) groups is 2. The largest absolute Gasteiger partial charge is 0.393 e. The summed E-state index contributed by atoms with van der Waals surface area (Å²) in [7, 11) is 0. The van der Waals surface area contributed by atoms with Gasteiger partial charge in [-0.2, -0.15) is 0 Å². The molecular weight excluding hydrogens is 235 g/mol. The van der Waals surface area contributed by atoms with E-state index in [9.17, 15) is 14.0 Å². The number of alkyl halides is 1. The van der Waals surface area contributed by atoms with Gasteiger partial charge >= 0.3 is 11.9 Å². The zero-order valence-corrected chi connectivity index (χ0v) is 10.1. The Bertz CT molecular complexity index is 444. The minimum Gasteiger partial charge on any atom is -0.393 e. The lowest BCUT2D eigenvalue weighted by Gasteiger charge is -2.17. The van der Waals surface area contributed by atoms with Crippen molar-refractivity contribution in [1.29, 1.82) is 0 Å². The molecule has 3 unspecified atom stereocenters. The lowest BCUT2D eigenvalue weighted by molar-refractivity contribution is -0.153. The van der Waals surface area contributed by atoms with E-state index < -0.39 is 24.0 Å². The minimum absolute atomic E-state index is 0.0709. The Labute approximate surface area is 105 Å². The zero-order chi connectivity index (χ0) is 13.1. The predicted molar refractivity (Wildman–Crippen MR) is 63.3 cm³/mol. The molecule has 1 aliphatic heterocycles. The number of carbonyl (C=O) groups excluding carboxylic acids is 2. The van der Waals surface area contributed by atoms with Crippen LogP contribution in [-0.2, 0) is 14.3 Å². The molecule has 0 radical (unpaired) electrons. The molecule has 0 amide bonds. The normalized spacial score (nSPS) is 22.7. The summed E-state index contributed by atoms with van der Waals surface area (Å²) in [4.78, 5) is 22.4. The van der Waals surface area contributed by atoms with E-state index in [1.165, 1.54) is 0 Å². The molecule has 18 heavy (non-hydrogen) atoms. The number of rotatable bonds is 4. The van der Waals surface area contributed by atoms with Crippen LogP contribution in [0.15, 0.2) is 30.3 Å². The number of cyclic esters (lactones) is 2. The first-order valence-electron chi connectivity index (χ1n) is 6.01.